The summed E-state index contributed by atoms with van der Waals surface area (Å²) in [6.07, 6.45) is 1.49. The number of amides is 2. The Labute approximate surface area is 140 Å². The predicted molar refractivity (Wildman–Crippen MR) is 86.3 cm³/mol. The number of methoxy groups -OCH3 is 1. The number of rotatable bonds is 4. The number of hydrogen-bond donors (Lipinski definition) is 2. The Kier molecular flexibility index (Phi) is 4.51. The summed E-state index contributed by atoms with van der Waals surface area (Å²) in [6.45, 7) is 3.04. The van der Waals surface area contributed by atoms with E-state index in [2.05, 4.69) is 5.32 Å². The number of fused-ring (bicyclic) bond motifs is 1. The molecule has 2 aliphatic heterocycles. The number of likely N-dealkylation sites (tertiary alicyclic amines) is 1. The number of hydrogen-bond acceptors (Lipinski definition) is 4. The van der Waals surface area contributed by atoms with Gasteiger partial charge in [-0.2, -0.15) is 0 Å². The van der Waals surface area contributed by atoms with Gasteiger partial charge in [0.2, 0.25) is 0 Å². The molecule has 1 fully saturated rings. The van der Waals surface area contributed by atoms with Gasteiger partial charge in [0.05, 0.1) is 13.0 Å². The van der Waals surface area contributed by atoms with Crippen LogP contribution in [0.2, 0.25) is 0 Å². The van der Waals surface area contributed by atoms with Crippen molar-refractivity contribution in [2.24, 2.45) is 5.92 Å². The van der Waals surface area contributed by atoms with Gasteiger partial charge >= 0.3 is 12.0 Å². The molecule has 1 aromatic rings. The van der Waals surface area contributed by atoms with Crippen molar-refractivity contribution in [1.29, 1.82) is 0 Å². The van der Waals surface area contributed by atoms with Crippen LogP contribution in [0.15, 0.2) is 12.1 Å². The van der Waals surface area contributed by atoms with E-state index in [4.69, 9.17) is 14.6 Å². The fraction of sp³-hybridized carbons (Fsp3) is 0.529. The molecule has 7 heteroatoms. The van der Waals surface area contributed by atoms with Gasteiger partial charge in [0, 0.05) is 37.2 Å². The Balaban J connectivity index is 1.63. The van der Waals surface area contributed by atoms with Gasteiger partial charge in [0.25, 0.3) is 0 Å². The SMILES string of the molecule is COc1cc2c(cc1CNC(=O)N1CCC(C(=O)O)C1)OC(C)C2. The summed E-state index contributed by atoms with van der Waals surface area (Å²) in [5.41, 5.74) is 1.95. The molecule has 0 spiro atoms. The molecule has 24 heavy (non-hydrogen) atoms. The van der Waals surface area contributed by atoms with E-state index >= 15 is 0 Å². The van der Waals surface area contributed by atoms with Crippen molar-refractivity contribution < 1.29 is 24.2 Å². The van der Waals surface area contributed by atoms with Gasteiger partial charge in [-0.15, -0.1) is 0 Å². The molecule has 0 aromatic heterocycles. The number of ether oxygens (including phenoxy) is 2. The van der Waals surface area contributed by atoms with Crippen molar-refractivity contribution in [3.8, 4) is 11.5 Å². The molecule has 2 N–H and O–H groups in total. The van der Waals surface area contributed by atoms with Gasteiger partial charge in [-0.05, 0) is 25.5 Å². The van der Waals surface area contributed by atoms with Crippen LogP contribution in [0.3, 0.4) is 0 Å². The zero-order valence-corrected chi connectivity index (χ0v) is 13.9. The highest BCUT2D eigenvalue weighted by Crippen LogP contribution is 2.34. The lowest BCUT2D eigenvalue weighted by Crippen LogP contribution is -2.38. The van der Waals surface area contributed by atoms with Crippen LogP contribution in [0.1, 0.15) is 24.5 Å². The van der Waals surface area contributed by atoms with E-state index in [0.717, 1.165) is 29.0 Å². The van der Waals surface area contributed by atoms with Crippen molar-refractivity contribution in [2.45, 2.75) is 32.4 Å². The molecule has 2 amide bonds. The molecule has 0 bridgehead atoms. The zero-order chi connectivity index (χ0) is 17.3. The molecule has 2 aliphatic rings. The molecule has 2 heterocycles. The van der Waals surface area contributed by atoms with E-state index in [9.17, 15) is 9.59 Å². The molecule has 1 aromatic carbocycles. The van der Waals surface area contributed by atoms with E-state index in [0.29, 0.717) is 19.5 Å². The second kappa shape index (κ2) is 6.59. The molecule has 3 rings (SSSR count). The third kappa shape index (κ3) is 3.25. The van der Waals surface area contributed by atoms with Crippen LogP contribution in [0.5, 0.6) is 11.5 Å². The number of carboxylic acid groups (broad SMARTS) is 1. The van der Waals surface area contributed by atoms with E-state index in [1.165, 1.54) is 4.90 Å². The van der Waals surface area contributed by atoms with Gasteiger partial charge in [0.15, 0.2) is 0 Å². The molecule has 0 aliphatic carbocycles. The normalized spacial score (nSPS) is 22.0. The lowest BCUT2D eigenvalue weighted by molar-refractivity contribution is -0.141. The molecule has 2 unspecified atom stereocenters. The fourth-order valence-corrected chi connectivity index (χ4v) is 3.24. The first-order valence-corrected chi connectivity index (χ1v) is 8.10. The summed E-state index contributed by atoms with van der Waals surface area (Å²) >= 11 is 0. The summed E-state index contributed by atoms with van der Waals surface area (Å²) in [4.78, 5) is 24.7. The van der Waals surface area contributed by atoms with E-state index in [1.807, 2.05) is 19.1 Å². The molecule has 7 nitrogen and oxygen atoms in total. The van der Waals surface area contributed by atoms with Crippen molar-refractivity contribution >= 4 is 12.0 Å². The number of aliphatic carboxylic acids is 1. The first kappa shape index (κ1) is 16.4. The quantitative estimate of drug-likeness (QED) is 0.874. The molecule has 0 radical (unpaired) electrons. The highest BCUT2D eigenvalue weighted by molar-refractivity contribution is 5.77. The largest absolute Gasteiger partial charge is 0.496 e. The zero-order valence-electron chi connectivity index (χ0n) is 13.9. The first-order chi connectivity index (χ1) is 11.5. The average Bonchev–Trinajstić information content (AvgIpc) is 3.17. The summed E-state index contributed by atoms with van der Waals surface area (Å²) in [5, 5.41) is 11.8. The minimum atomic E-state index is -0.850. The van der Waals surface area contributed by atoms with Gasteiger partial charge in [0.1, 0.15) is 17.6 Å². The van der Waals surface area contributed by atoms with Crippen LogP contribution >= 0.6 is 0 Å². The maximum Gasteiger partial charge on any atom is 0.317 e. The number of benzene rings is 1. The van der Waals surface area contributed by atoms with Crippen LogP contribution < -0.4 is 14.8 Å². The highest BCUT2D eigenvalue weighted by Gasteiger charge is 2.31. The highest BCUT2D eigenvalue weighted by atomic mass is 16.5. The van der Waals surface area contributed by atoms with Crippen molar-refractivity contribution in [1.82, 2.24) is 10.2 Å². The molecule has 130 valence electrons. The van der Waals surface area contributed by atoms with E-state index in [-0.39, 0.29) is 18.7 Å². The number of carboxylic acids is 1. The number of carbonyl (C=O) groups excluding carboxylic acids is 1. The van der Waals surface area contributed by atoms with Crippen LogP contribution in [-0.2, 0) is 17.8 Å². The smallest absolute Gasteiger partial charge is 0.317 e. The number of carbonyl (C=O) groups is 2. The third-order valence-electron chi connectivity index (χ3n) is 4.55. The second-order valence-corrected chi connectivity index (χ2v) is 6.33. The molecule has 2 atom stereocenters. The third-order valence-corrected chi connectivity index (χ3v) is 4.55. The monoisotopic (exact) mass is 334 g/mol. The maximum atomic E-state index is 12.2. The number of urea groups is 1. The average molecular weight is 334 g/mol. The van der Waals surface area contributed by atoms with Crippen LogP contribution in [0, 0.1) is 5.92 Å². The lowest BCUT2D eigenvalue weighted by Gasteiger charge is -2.18. The van der Waals surface area contributed by atoms with Gasteiger partial charge in [-0.25, -0.2) is 4.79 Å². The fourth-order valence-electron chi connectivity index (χ4n) is 3.24. The Morgan fingerprint density at radius 3 is 2.92 bits per heavy atom. The number of nitrogens with zero attached hydrogens (tertiary/aromatic N) is 1. The van der Waals surface area contributed by atoms with E-state index in [1.54, 1.807) is 7.11 Å². The topological polar surface area (TPSA) is 88.1 Å². The summed E-state index contributed by atoms with van der Waals surface area (Å²) < 4.78 is 11.2. The molecule has 1 saturated heterocycles. The van der Waals surface area contributed by atoms with Crippen LogP contribution in [0.25, 0.3) is 0 Å². The minimum Gasteiger partial charge on any atom is -0.496 e. The van der Waals surface area contributed by atoms with Crippen molar-refractivity contribution in [3.63, 3.8) is 0 Å². The summed E-state index contributed by atoms with van der Waals surface area (Å²) in [7, 11) is 1.60. The van der Waals surface area contributed by atoms with Gasteiger partial charge < -0.3 is 24.8 Å². The Bertz CT molecular complexity index is 661. The Morgan fingerprint density at radius 2 is 2.25 bits per heavy atom. The number of nitrogens with one attached hydrogen (secondary N) is 1. The summed E-state index contributed by atoms with van der Waals surface area (Å²) in [5.74, 6) is 0.230. The van der Waals surface area contributed by atoms with Crippen molar-refractivity contribution in [2.75, 3.05) is 20.2 Å². The molecular formula is C17H22N2O5. The van der Waals surface area contributed by atoms with Crippen molar-refractivity contribution in [3.05, 3.63) is 23.3 Å². The molecular weight excluding hydrogens is 312 g/mol. The van der Waals surface area contributed by atoms with Gasteiger partial charge in [-0.1, -0.05) is 0 Å². The predicted octanol–water partition coefficient (Wildman–Crippen LogP) is 1.63. The Morgan fingerprint density at radius 1 is 1.46 bits per heavy atom. The first-order valence-electron chi connectivity index (χ1n) is 8.10. The van der Waals surface area contributed by atoms with Crippen LogP contribution in [0.4, 0.5) is 4.79 Å². The second-order valence-electron chi connectivity index (χ2n) is 6.33. The standard InChI is InChI=1S/C17H22N2O5/c1-10-5-12-6-14(23-2)13(7-15(12)24-10)8-18-17(22)19-4-3-11(9-19)16(20)21/h6-7,10-11H,3-5,8-9H2,1-2H3,(H,18,22)(H,20,21). The maximum absolute atomic E-state index is 12.2. The van der Waals surface area contributed by atoms with E-state index < -0.39 is 11.9 Å². The minimum absolute atomic E-state index is 0.145. The van der Waals surface area contributed by atoms with Crippen LogP contribution in [-0.4, -0.2) is 48.3 Å². The van der Waals surface area contributed by atoms with Gasteiger partial charge in [-0.3, -0.25) is 4.79 Å². The summed E-state index contributed by atoms with van der Waals surface area (Å²) in [6, 6.07) is 3.61. The Hall–Kier alpha value is -2.44. The molecule has 0 saturated carbocycles. The lowest BCUT2D eigenvalue weighted by atomic mass is 10.1.